The topological polar surface area (TPSA) is 79.0 Å². The van der Waals surface area contributed by atoms with E-state index in [4.69, 9.17) is 4.74 Å². The van der Waals surface area contributed by atoms with Crippen LogP contribution in [-0.2, 0) is 10.0 Å². The molecule has 7 nitrogen and oxygen atoms in total. The predicted molar refractivity (Wildman–Crippen MR) is 113 cm³/mol. The van der Waals surface area contributed by atoms with Gasteiger partial charge in [0.05, 0.1) is 12.0 Å². The standard InChI is InChI=1S/C21H27N3O4S/c1-4-23-11-13-24(14-12-23)21(25)17-6-5-16(2)20(15-17)29(26,27)22-18-7-9-19(28-3)10-8-18/h5-10,15,22H,4,11-14H2,1-3H3. The highest BCUT2D eigenvalue weighted by Gasteiger charge is 2.24. The first kappa shape index (κ1) is 21.1. The zero-order valence-corrected chi connectivity index (χ0v) is 17.8. The molecule has 156 valence electrons. The van der Waals surface area contributed by atoms with Crippen molar-refractivity contribution in [1.82, 2.24) is 9.80 Å². The molecule has 1 fully saturated rings. The van der Waals surface area contributed by atoms with E-state index >= 15 is 0 Å². The molecule has 1 aliphatic rings. The van der Waals surface area contributed by atoms with Gasteiger partial charge in [-0.25, -0.2) is 8.42 Å². The number of hydrogen-bond donors (Lipinski definition) is 1. The second-order valence-electron chi connectivity index (χ2n) is 7.04. The Hall–Kier alpha value is -2.58. The first-order valence-corrected chi connectivity index (χ1v) is 11.1. The summed E-state index contributed by atoms with van der Waals surface area (Å²) in [4.78, 5) is 17.1. The molecule has 0 unspecified atom stereocenters. The summed E-state index contributed by atoms with van der Waals surface area (Å²) in [6.45, 7) is 7.74. The summed E-state index contributed by atoms with van der Waals surface area (Å²) < 4.78 is 33.5. The van der Waals surface area contributed by atoms with Crippen LogP contribution in [0.25, 0.3) is 0 Å². The molecule has 1 heterocycles. The monoisotopic (exact) mass is 417 g/mol. The molecule has 1 saturated heterocycles. The Morgan fingerprint density at radius 2 is 1.72 bits per heavy atom. The van der Waals surface area contributed by atoms with Gasteiger partial charge in [0.2, 0.25) is 0 Å². The molecule has 1 aliphatic heterocycles. The van der Waals surface area contributed by atoms with Gasteiger partial charge in [0, 0.05) is 37.4 Å². The van der Waals surface area contributed by atoms with Crippen LogP contribution in [0.1, 0.15) is 22.8 Å². The van der Waals surface area contributed by atoms with Gasteiger partial charge in [0.25, 0.3) is 15.9 Å². The number of hydrogen-bond acceptors (Lipinski definition) is 5. The van der Waals surface area contributed by atoms with Crippen molar-refractivity contribution in [1.29, 1.82) is 0 Å². The summed E-state index contributed by atoms with van der Waals surface area (Å²) in [5.74, 6) is 0.501. The fraction of sp³-hybridized carbons (Fsp3) is 0.381. The molecule has 8 heteroatoms. The van der Waals surface area contributed by atoms with Crippen molar-refractivity contribution in [3.05, 3.63) is 53.6 Å². The van der Waals surface area contributed by atoms with Crippen molar-refractivity contribution < 1.29 is 17.9 Å². The highest BCUT2D eigenvalue weighted by atomic mass is 32.2. The Balaban J connectivity index is 1.81. The lowest BCUT2D eigenvalue weighted by Gasteiger charge is -2.34. The van der Waals surface area contributed by atoms with Gasteiger partial charge in [-0.1, -0.05) is 13.0 Å². The summed E-state index contributed by atoms with van der Waals surface area (Å²) in [5.41, 5.74) is 1.40. The Morgan fingerprint density at radius 3 is 2.31 bits per heavy atom. The van der Waals surface area contributed by atoms with Crippen LogP contribution < -0.4 is 9.46 Å². The number of benzene rings is 2. The van der Waals surface area contributed by atoms with Gasteiger partial charge in [-0.3, -0.25) is 9.52 Å². The van der Waals surface area contributed by atoms with Crippen molar-refractivity contribution in [3.8, 4) is 5.75 Å². The van der Waals surface area contributed by atoms with E-state index in [1.54, 1.807) is 55.3 Å². The van der Waals surface area contributed by atoms with Crippen LogP contribution in [0.5, 0.6) is 5.75 Å². The zero-order chi connectivity index (χ0) is 21.0. The summed E-state index contributed by atoms with van der Waals surface area (Å²) >= 11 is 0. The van der Waals surface area contributed by atoms with Crippen LogP contribution in [0, 0.1) is 6.92 Å². The number of anilines is 1. The molecule has 0 atom stereocenters. The number of amides is 1. The van der Waals surface area contributed by atoms with E-state index in [9.17, 15) is 13.2 Å². The Morgan fingerprint density at radius 1 is 1.07 bits per heavy atom. The first-order chi connectivity index (χ1) is 13.8. The van der Waals surface area contributed by atoms with Crippen LogP contribution in [0.15, 0.2) is 47.4 Å². The minimum atomic E-state index is -3.83. The van der Waals surface area contributed by atoms with E-state index in [0.29, 0.717) is 35.7 Å². The lowest BCUT2D eigenvalue weighted by molar-refractivity contribution is 0.0643. The third-order valence-electron chi connectivity index (χ3n) is 5.17. The quantitative estimate of drug-likeness (QED) is 0.782. The van der Waals surface area contributed by atoms with Crippen LogP contribution in [0.4, 0.5) is 5.69 Å². The van der Waals surface area contributed by atoms with Crippen molar-refractivity contribution in [2.24, 2.45) is 0 Å². The van der Waals surface area contributed by atoms with Gasteiger partial charge >= 0.3 is 0 Å². The van der Waals surface area contributed by atoms with Gasteiger partial charge in [-0.15, -0.1) is 0 Å². The molecule has 2 aromatic carbocycles. The third kappa shape index (κ3) is 4.89. The number of carbonyl (C=O) groups is 1. The molecule has 0 radical (unpaired) electrons. The van der Waals surface area contributed by atoms with Crippen molar-refractivity contribution in [2.75, 3.05) is 44.6 Å². The van der Waals surface area contributed by atoms with Gasteiger partial charge in [-0.2, -0.15) is 0 Å². The number of aryl methyl sites for hydroxylation is 1. The van der Waals surface area contributed by atoms with Gasteiger partial charge < -0.3 is 14.5 Å². The van der Waals surface area contributed by atoms with E-state index in [1.165, 1.54) is 6.07 Å². The number of piperazine rings is 1. The largest absolute Gasteiger partial charge is 0.497 e. The summed E-state index contributed by atoms with van der Waals surface area (Å²) in [6, 6.07) is 11.5. The maximum atomic E-state index is 12.9. The minimum absolute atomic E-state index is 0.103. The molecule has 29 heavy (non-hydrogen) atoms. The lowest BCUT2D eigenvalue weighted by Crippen LogP contribution is -2.48. The predicted octanol–water partition coefficient (Wildman–Crippen LogP) is 2.58. The van der Waals surface area contributed by atoms with Crippen LogP contribution >= 0.6 is 0 Å². The fourth-order valence-corrected chi connectivity index (χ4v) is 4.67. The van der Waals surface area contributed by atoms with Crippen molar-refractivity contribution in [2.45, 2.75) is 18.7 Å². The Bertz CT molecular complexity index is 966. The lowest BCUT2D eigenvalue weighted by atomic mass is 10.1. The number of carbonyl (C=O) groups excluding carboxylic acids is 1. The van der Waals surface area contributed by atoms with Crippen LogP contribution in [0.2, 0.25) is 0 Å². The maximum absolute atomic E-state index is 12.9. The van der Waals surface area contributed by atoms with E-state index in [0.717, 1.165) is 19.6 Å². The SMILES string of the molecule is CCN1CCN(C(=O)c2ccc(C)c(S(=O)(=O)Nc3ccc(OC)cc3)c2)CC1. The third-order valence-corrected chi connectivity index (χ3v) is 6.70. The number of sulfonamides is 1. The molecule has 3 rings (SSSR count). The highest BCUT2D eigenvalue weighted by Crippen LogP contribution is 2.23. The second kappa shape index (κ2) is 8.84. The molecule has 0 aliphatic carbocycles. The molecule has 2 aromatic rings. The smallest absolute Gasteiger partial charge is 0.262 e. The molecule has 1 amide bonds. The molecular weight excluding hydrogens is 390 g/mol. The number of methoxy groups -OCH3 is 1. The average molecular weight is 418 g/mol. The van der Waals surface area contributed by atoms with Crippen LogP contribution in [0.3, 0.4) is 0 Å². The fourth-order valence-electron chi connectivity index (χ4n) is 3.34. The number of likely N-dealkylation sites (N-methyl/N-ethyl adjacent to an activating group) is 1. The zero-order valence-electron chi connectivity index (χ0n) is 17.0. The molecular formula is C21H27N3O4S. The number of ether oxygens (including phenoxy) is 1. The molecule has 0 spiro atoms. The van der Waals surface area contributed by atoms with E-state index in [1.807, 2.05) is 0 Å². The summed E-state index contributed by atoms with van der Waals surface area (Å²) in [7, 11) is -2.28. The molecule has 1 N–H and O–H groups in total. The number of rotatable bonds is 6. The Kier molecular flexibility index (Phi) is 6.44. The van der Waals surface area contributed by atoms with Crippen LogP contribution in [-0.4, -0.2) is 64.0 Å². The van der Waals surface area contributed by atoms with E-state index < -0.39 is 10.0 Å². The second-order valence-corrected chi connectivity index (χ2v) is 8.69. The first-order valence-electron chi connectivity index (χ1n) is 9.63. The van der Waals surface area contributed by atoms with Gasteiger partial charge in [0.1, 0.15) is 5.75 Å². The van der Waals surface area contributed by atoms with Crippen molar-refractivity contribution in [3.63, 3.8) is 0 Å². The van der Waals surface area contributed by atoms with Gasteiger partial charge in [-0.05, 0) is 55.4 Å². The average Bonchev–Trinajstić information content (AvgIpc) is 2.74. The number of nitrogens with zero attached hydrogens (tertiary/aromatic N) is 2. The normalized spacial score (nSPS) is 15.2. The Labute approximate surface area is 172 Å². The van der Waals surface area contributed by atoms with Gasteiger partial charge in [0.15, 0.2) is 0 Å². The highest BCUT2D eigenvalue weighted by molar-refractivity contribution is 7.92. The van der Waals surface area contributed by atoms with E-state index in [2.05, 4.69) is 16.5 Å². The molecule has 0 bridgehead atoms. The molecule has 0 saturated carbocycles. The number of nitrogens with one attached hydrogen (secondary N) is 1. The minimum Gasteiger partial charge on any atom is -0.497 e. The van der Waals surface area contributed by atoms with E-state index in [-0.39, 0.29) is 10.8 Å². The van der Waals surface area contributed by atoms with Crippen molar-refractivity contribution >= 4 is 21.6 Å². The molecule has 0 aromatic heterocycles. The maximum Gasteiger partial charge on any atom is 0.262 e. The summed E-state index contributed by atoms with van der Waals surface area (Å²) in [6.07, 6.45) is 0. The summed E-state index contributed by atoms with van der Waals surface area (Å²) in [5, 5.41) is 0.